The number of aromatic nitrogens is 2. The molecule has 0 radical (unpaired) electrons. The molecule has 1 aromatic heterocycles. The molecule has 0 aromatic carbocycles. The van der Waals surface area contributed by atoms with Gasteiger partial charge >= 0.3 is 0 Å². The minimum atomic E-state index is 1.14. The fourth-order valence-electron chi connectivity index (χ4n) is 1.49. The summed E-state index contributed by atoms with van der Waals surface area (Å²) in [7, 11) is 10.4. The maximum atomic E-state index is 3.78. The maximum Gasteiger partial charge on any atom is 0.0943 e. The van der Waals surface area contributed by atoms with E-state index in [2.05, 4.69) is 48.3 Å². The van der Waals surface area contributed by atoms with Crippen LogP contribution in [0.2, 0.25) is 0 Å². The van der Waals surface area contributed by atoms with Crippen LogP contribution in [0.3, 0.4) is 0 Å². The monoisotopic (exact) mass is 269 g/mol. The van der Waals surface area contributed by atoms with Crippen LogP contribution >= 0.6 is 0 Å². The molecule has 0 saturated heterocycles. The second-order valence-electron chi connectivity index (χ2n) is 5.29. The van der Waals surface area contributed by atoms with Crippen LogP contribution in [0.4, 0.5) is 0 Å². The summed E-state index contributed by atoms with van der Waals surface area (Å²) in [6.45, 7) is 4.65. The normalized spacial score (nSPS) is 10.7. The number of aryl methyl sites for hydroxylation is 1. The average Bonchev–Trinajstić information content (AvgIpc) is 2.79. The van der Waals surface area contributed by atoms with E-state index in [4.69, 9.17) is 0 Å². The Morgan fingerprint density at radius 3 is 1.79 bits per heavy atom. The topological polar surface area (TPSA) is 36.3 Å². The van der Waals surface area contributed by atoms with Crippen molar-refractivity contribution in [2.75, 3.05) is 54.4 Å². The van der Waals surface area contributed by atoms with Crippen molar-refractivity contribution in [1.82, 2.24) is 24.7 Å². The summed E-state index contributed by atoms with van der Waals surface area (Å²) in [5.41, 5.74) is 0. The van der Waals surface area contributed by atoms with Crippen molar-refractivity contribution in [1.29, 1.82) is 0 Å². The van der Waals surface area contributed by atoms with Crippen molar-refractivity contribution in [2.45, 2.75) is 12.8 Å². The SMILES string of the molecule is CN(C)CCCNCCCN(C)C.Cn1ccnc1. The molecule has 1 heterocycles. The zero-order valence-corrected chi connectivity index (χ0v) is 13.3. The highest BCUT2D eigenvalue weighted by Crippen LogP contribution is 1.83. The molecule has 1 N–H and O–H groups in total. The Morgan fingerprint density at radius 1 is 1.00 bits per heavy atom. The van der Waals surface area contributed by atoms with Crippen LogP contribution < -0.4 is 5.32 Å². The quantitative estimate of drug-likeness (QED) is 0.712. The number of rotatable bonds is 8. The minimum absolute atomic E-state index is 1.14. The Labute approximate surface area is 118 Å². The molecule has 1 aromatic rings. The van der Waals surface area contributed by atoms with Crippen molar-refractivity contribution in [3.05, 3.63) is 18.7 Å². The van der Waals surface area contributed by atoms with Crippen molar-refractivity contribution >= 4 is 0 Å². The highest BCUT2D eigenvalue weighted by Gasteiger charge is 1.92. The Morgan fingerprint density at radius 2 is 1.53 bits per heavy atom. The van der Waals surface area contributed by atoms with Crippen LogP contribution in [0.15, 0.2) is 18.7 Å². The molecule has 0 spiro atoms. The Balaban J connectivity index is 0.000000443. The predicted octanol–water partition coefficient (Wildman–Crippen LogP) is 0.900. The van der Waals surface area contributed by atoms with Crippen molar-refractivity contribution in [3.8, 4) is 0 Å². The number of hydrogen-bond acceptors (Lipinski definition) is 4. The molecule has 0 aliphatic heterocycles. The van der Waals surface area contributed by atoms with Gasteiger partial charge in [0.25, 0.3) is 0 Å². The summed E-state index contributed by atoms with van der Waals surface area (Å²) in [4.78, 5) is 8.23. The van der Waals surface area contributed by atoms with Gasteiger partial charge in [-0.2, -0.15) is 0 Å². The Hall–Kier alpha value is -0.910. The van der Waals surface area contributed by atoms with Gasteiger partial charge in [-0.1, -0.05) is 0 Å². The molecular formula is C14H31N5. The molecule has 0 fully saturated rings. The largest absolute Gasteiger partial charge is 0.341 e. The van der Waals surface area contributed by atoms with E-state index in [9.17, 15) is 0 Å². The lowest BCUT2D eigenvalue weighted by molar-refractivity contribution is 0.380. The van der Waals surface area contributed by atoms with Gasteiger partial charge in [0.2, 0.25) is 0 Å². The van der Waals surface area contributed by atoms with Crippen LogP contribution in [-0.4, -0.2) is 73.7 Å². The van der Waals surface area contributed by atoms with Crippen molar-refractivity contribution in [2.24, 2.45) is 7.05 Å². The first-order chi connectivity index (χ1) is 9.02. The molecule has 0 saturated carbocycles. The van der Waals surface area contributed by atoms with Gasteiger partial charge in [-0.05, 0) is 67.2 Å². The lowest BCUT2D eigenvalue weighted by Gasteiger charge is -2.11. The van der Waals surface area contributed by atoms with E-state index in [-0.39, 0.29) is 0 Å². The Bertz CT molecular complexity index is 257. The lowest BCUT2D eigenvalue weighted by Crippen LogP contribution is -2.24. The average molecular weight is 269 g/mol. The number of nitrogens with one attached hydrogen (secondary N) is 1. The third-order valence-corrected chi connectivity index (χ3v) is 2.55. The Kier molecular flexibility index (Phi) is 11.6. The van der Waals surface area contributed by atoms with Crippen LogP contribution in [0, 0.1) is 0 Å². The second-order valence-corrected chi connectivity index (χ2v) is 5.29. The number of nitrogens with zero attached hydrogens (tertiary/aromatic N) is 4. The van der Waals surface area contributed by atoms with Gasteiger partial charge in [0.1, 0.15) is 0 Å². The van der Waals surface area contributed by atoms with Gasteiger partial charge in [-0.25, -0.2) is 4.98 Å². The lowest BCUT2D eigenvalue weighted by atomic mass is 10.3. The molecule has 0 aliphatic carbocycles. The van der Waals surface area contributed by atoms with Gasteiger partial charge < -0.3 is 19.7 Å². The van der Waals surface area contributed by atoms with Crippen LogP contribution in [0.5, 0.6) is 0 Å². The second kappa shape index (κ2) is 12.1. The fourth-order valence-corrected chi connectivity index (χ4v) is 1.49. The van der Waals surface area contributed by atoms with E-state index in [0.717, 1.165) is 13.1 Å². The molecule has 19 heavy (non-hydrogen) atoms. The van der Waals surface area contributed by atoms with Crippen molar-refractivity contribution < 1.29 is 0 Å². The molecule has 0 unspecified atom stereocenters. The zero-order chi connectivity index (χ0) is 14.5. The molecule has 0 amide bonds. The van der Waals surface area contributed by atoms with Gasteiger partial charge in [0.15, 0.2) is 0 Å². The highest BCUT2D eigenvalue weighted by molar-refractivity contribution is 4.70. The van der Waals surface area contributed by atoms with Crippen molar-refractivity contribution in [3.63, 3.8) is 0 Å². The zero-order valence-electron chi connectivity index (χ0n) is 13.3. The van der Waals surface area contributed by atoms with E-state index in [0.29, 0.717) is 0 Å². The smallest absolute Gasteiger partial charge is 0.0943 e. The van der Waals surface area contributed by atoms with E-state index in [1.165, 1.54) is 25.9 Å². The van der Waals surface area contributed by atoms with Gasteiger partial charge in [-0.3, -0.25) is 0 Å². The van der Waals surface area contributed by atoms with Crippen LogP contribution in [0.1, 0.15) is 12.8 Å². The molecule has 1 rings (SSSR count). The molecule has 0 bridgehead atoms. The van der Waals surface area contributed by atoms with Crippen LogP contribution in [-0.2, 0) is 7.05 Å². The maximum absolute atomic E-state index is 3.78. The first-order valence-electron chi connectivity index (χ1n) is 6.94. The van der Waals surface area contributed by atoms with Gasteiger partial charge in [-0.15, -0.1) is 0 Å². The number of imidazole rings is 1. The van der Waals surface area contributed by atoms with E-state index < -0.39 is 0 Å². The summed E-state index contributed by atoms with van der Waals surface area (Å²) in [6, 6.07) is 0. The predicted molar refractivity (Wildman–Crippen MR) is 82.4 cm³/mol. The molecule has 0 aliphatic rings. The summed E-state index contributed by atoms with van der Waals surface area (Å²) in [5.74, 6) is 0. The fraction of sp³-hybridized carbons (Fsp3) is 0.786. The van der Waals surface area contributed by atoms with Gasteiger partial charge in [0, 0.05) is 19.4 Å². The summed E-state index contributed by atoms with van der Waals surface area (Å²) in [5, 5.41) is 3.44. The number of hydrogen-bond donors (Lipinski definition) is 1. The third kappa shape index (κ3) is 15.0. The third-order valence-electron chi connectivity index (χ3n) is 2.55. The van der Waals surface area contributed by atoms with E-state index in [1.807, 2.05) is 17.8 Å². The summed E-state index contributed by atoms with van der Waals surface area (Å²) in [6.07, 6.45) is 7.88. The molecule has 0 atom stereocenters. The van der Waals surface area contributed by atoms with E-state index >= 15 is 0 Å². The van der Waals surface area contributed by atoms with E-state index in [1.54, 1.807) is 12.5 Å². The molecule has 112 valence electrons. The highest BCUT2D eigenvalue weighted by atomic mass is 15.1. The molecular weight excluding hydrogens is 238 g/mol. The first-order valence-corrected chi connectivity index (χ1v) is 6.94. The minimum Gasteiger partial charge on any atom is -0.341 e. The van der Waals surface area contributed by atoms with Gasteiger partial charge in [0.05, 0.1) is 6.33 Å². The van der Waals surface area contributed by atoms with Crippen LogP contribution in [0.25, 0.3) is 0 Å². The summed E-state index contributed by atoms with van der Waals surface area (Å²) < 4.78 is 1.89. The molecule has 5 nitrogen and oxygen atoms in total. The standard InChI is InChI=1S/C10H25N3.C4H6N2/c1-12(2)9-5-7-11-8-6-10-13(3)4;1-6-3-2-5-4-6/h11H,5-10H2,1-4H3;2-4H,1H3. The first kappa shape index (κ1) is 18.1. The molecule has 5 heteroatoms. The summed E-state index contributed by atoms with van der Waals surface area (Å²) >= 11 is 0.